The molecule has 0 saturated carbocycles. The van der Waals surface area contributed by atoms with Crippen LogP contribution in [0.25, 0.3) is 21.8 Å². The number of aromatic carboxylic acids is 1. The summed E-state index contributed by atoms with van der Waals surface area (Å²) in [5, 5.41) is 11.8. The van der Waals surface area contributed by atoms with Crippen molar-refractivity contribution in [3.05, 3.63) is 53.4 Å². The quantitative estimate of drug-likeness (QED) is 0.782. The lowest BCUT2D eigenvalue weighted by Gasteiger charge is -2.18. The highest BCUT2D eigenvalue weighted by molar-refractivity contribution is 7.13. The topological polar surface area (TPSA) is 68.7 Å². The summed E-state index contributed by atoms with van der Waals surface area (Å²) in [5.41, 5.74) is 2.82. The van der Waals surface area contributed by atoms with Crippen LogP contribution in [0.4, 0.5) is 0 Å². The summed E-state index contributed by atoms with van der Waals surface area (Å²) >= 11 is 1.48. The maximum atomic E-state index is 11.1. The van der Waals surface area contributed by atoms with Gasteiger partial charge in [-0.05, 0) is 30.3 Å². The molecule has 1 aromatic heterocycles. The minimum Gasteiger partial charge on any atom is -0.486 e. The van der Waals surface area contributed by atoms with E-state index in [2.05, 4.69) is 4.98 Å². The molecule has 0 aliphatic carbocycles. The maximum absolute atomic E-state index is 11.1. The molecule has 1 aliphatic heterocycles. The van der Waals surface area contributed by atoms with Crippen molar-refractivity contribution < 1.29 is 19.4 Å². The lowest BCUT2D eigenvalue weighted by Crippen LogP contribution is -2.15. The van der Waals surface area contributed by atoms with E-state index in [4.69, 9.17) is 14.6 Å². The number of carboxylic acids is 1. The molecule has 24 heavy (non-hydrogen) atoms. The van der Waals surface area contributed by atoms with Crippen LogP contribution in [0.1, 0.15) is 10.4 Å². The zero-order valence-corrected chi connectivity index (χ0v) is 13.4. The van der Waals surface area contributed by atoms with Crippen LogP contribution in [0, 0.1) is 0 Å². The number of rotatable bonds is 3. The molecule has 0 spiro atoms. The first-order chi connectivity index (χ1) is 11.7. The molecule has 120 valence electrons. The van der Waals surface area contributed by atoms with Crippen LogP contribution < -0.4 is 9.47 Å². The summed E-state index contributed by atoms with van der Waals surface area (Å²) in [5.74, 6) is 0.524. The molecular weight excluding hydrogens is 326 g/mol. The minimum atomic E-state index is -0.944. The number of carboxylic acid groups (broad SMARTS) is 1. The van der Waals surface area contributed by atoms with E-state index >= 15 is 0 Å². The fraction of sp³-hybridized carbons (Fsp3) is 0.111. The Kier molecular flexibility index (Phi) is 3.66. The third-order valence-corrected chi connectivity index (χ3v) is 4.59. The van der Waals surface area contributed by atoms with Gasteiger partial charge in [0.2, 0.25) is 0 Å². The molecule has 0 amide bonds. The second-order valence-electron chi connectivity index (χ2n) is 5.28. The van der Waals surface area contributed by atoms with E-state index in [0.717, 1.165) is 33.3 Å². The molecule has 6 heteroatoms. The summed E-state index contributed by atoms with van der Waals surface area (Å²) in [6, 6.07) is 12.5. The van der Waals surface area contributed by atoms with Gasteiger partial charge in [-0.3, -0.25) is 0 Å². The highest BCUT2D eigenvalue weighted by atomic mass is 32.1. The Morgan fingerprint density at radius 2 is 1.88 bits per heavy atom. The van der Waals surface area contributed by atoms with Crippen molar-refractivity contribution in [1.82, 2.24) is 4.98 Å². The highest BCUT2D eigenvalue weighted by Crippen LogP contribution is 2.36. The smallest absolute Gasteiger partial charge is 0.335 e. The Morgan fingerprint density at radius 1 is 1.04 bits per heavy atom. The molecule has 2 heterocycles. The second-order valence-corrected chi connectivity index (χ2v) is 6.14. The van der Waals surface area contributed by atoms with Crippen LogP contribution in [-0.2, 0) is 0 Å². The lowest BCUT2D eigenvalue weighted by atomic mass is 10.1. The van der Waals surface area contributed by atoms with Crippen LogP contribution in [-0.4, -0.2) is 29.3 Å². The van der Waals surface area contributed by atoms with Crippen molar-refractivity contribution in [2.24, 2.45) is 0 Å². The number of nitrogens with zero attached hydrogens (tertiary/aromatic N) is 1. The number of hydrogen-bond acceptors (Lipinski definition) is 5. The normalized spacial score (nSPS) is 12.8. The molecule has 0 unspecified atom stereocenters. The zero-order chi connectivity index (χ0) is 16.5. The van der Waals surface area contributed by atoms with Crippen molar-refractivity contribution in [2.75, 3.05) is 13.2 Å². The van der Waals surface area contributed by atoms with Gasteiger partial charge >= 0.3 is 5.97 Å². The van der Waals surface area contributed by atoms with E-state index in [1.165, 1.54) is 11.3 Å². The standard InChI is InChI=1S/C18H13NO4S/c20-18(21)13-3-1-2-12(8-13)17-19-14(10-24-17)11-4-5-15-16(9-11)23-7-6-22-15/h1-5,8-10H,6-7H2,(H,20,21). The molecule has 1 aliphatic rings. The fourth-order valence-electron chi connectivity index (χ4n) is 2.53. The molecule has 0 radical (unpaired) electrons. The number of carbonyl (C=O) groups is 1. The zero-order valence-electron chi connectivity index (χ0n) is 12.6. The van der Waals surface area contributed by atoms with E-state index in [9.17, 15) is 4.79 Å². The number of fused-ring (bicyclic) bond motifs is 1. The monoisotopic (exact) mass is 339 g/mol. The molecule has 4 rings (SSSR count). The summed E-state index contributed by atoms with van der Waals surface area (Å²) in [6.45, 7) is 1.11. The second kappa shape index (κ2) is 5.98. The molecule has 5 nitrogen and oxygen atoms in total. The number of benzene rings is 2. The summed E-state index contributed by atoms with van der Waals surface area (Å²) < 4.78 is 11.1. The number of aromatic nitrogens is 1. The van der Waals surface area contributed by atoms with Crippen molar-refractivity contribution >= 4 is 17.3 Å². The van der Waals surface area contributed by atoms with Gasteiger partial charge in [-0.2, -0.15) is 0 Å². The Balaban J connectivity index is 1.68. The summed E-state index contributed by atoms with van der Waals surface area (Å²) in [7, 11) is 0. The van der Waals surface area contributed by atoms with Gasteiger partial charge in [-0.1, -0.05) is 12.1 Å². The van der Waals surface area contributed by atoms with Gasteiger partial charge in [0.05, 0.1) is 11.3 Å². The highest BCUT2D eigenvalue weighted by Gasteiger charge is 2.14. The molecule has 0 fully saturated rings. The average Bonchev–Trinajstić information content (AvgIpc) is 3.11. The lowest BCUT2D eigenvalue weighted by molar-refractivity contribution is 0.0697. The average molecular weight is 339 g/mol. The van der Waals surface area contributed by atoms with E-state index in [1.807, 2.05) is 29.6 Å². The van der Waals surface area contributed by atoms with E-state index in [-0.39, 0.29) is 5.56 Å². The van der Waals surface area contributed by atoms with Gasteiger partial charge in [-0.25, -0.2) is 9.78 Å². The van der Waals surface area contributed by atoms with Gasteiger partial charge in [0, 0.05) is 16.5 Å². The molecule has 0 saturated heterocycles. The molecule has 2 aromatic carbocycles. The SMILES string of the molecule is O=C(O)c1cccc(-c2nc(-c3ccc4c(c3)OCCO4)cs2)c1. The van der Waals surface area contributed by atoms with Crippen LogP contribution in [0.5, 0.6) is 11.5 Å². The Bertz CT molecular complexity index is 919. The van der Waals surface area contributed by atoms with Gasteiger partial charge in [0.15, 0.2) is 11.5 Å². The van der Waals surface area contributed by atoms with Crippen LogP contribution in [0.3, 0.4) is 0 Å². The van der Waals surface area contributed by atoms with Crippen molar-refractivity contribution in [3.63, 3.8) is 0 Å². The molecule has 1 N–H and O–H groups in total. The van der Waals surface area contributed by atoms with Crippen LogP contribution in [0.2, 0.25) is 0 Å². The van der Waals surface area contributed by atoms with Crippen molar-refractivity contribution in [3.8, 4) is 33.3 Å². The summed E-state index contributed by atoms with van der Waals surface area (Å²) in [4.78, 5) is 15.7. The maximum Gasteiger partial charge on any atom is 0.335 e. The molecular formula is C18H13NO4S. The van der Waals surface area contributed by atoms with Crippen molar-refractivity contribution in [1.29, 1.82) is 0 Å². The predicted molar refractivity (Wildman–Crippen MR) is 90.9 cm³/mol. The van der Waals surface area contributed by atoms with Crippen LogP contribution >= 0.6 is 11.3 Å². The van der Waals surface area contributed by atoms with Gasteiger partial charge in [0.25, 0.3) is 0 Å². The van der Waals surface area contributed by atoms with Crippen molar-refractivity contribution in [2.45, 2.75) is 0 Å². The fourth-order valence-corrected chi connectivity index (χ4v) is 3.35. The Labute approximate surface area is 142 Å². The molecule has 0 atom stereocenters. The van der Waals surface area contributed by atoms with E-state index < -0.39 is 5.97 Å². The first-order valence-corrected chi connectivity index (χ1v) is 8.28. The van der Waals surface area contributed by atoms with Gasteiger partial charge < -0.3 is 14.6 Å². The predicted octanol–water partition coefficient (Wildman–Crippen LogP) is 3.95. The number of hydrogen-bond donors (Lipinski definition) is 1. The molecule has 0 bridgehead atoms. The van der Waals surface area contributed by atoms with Gasteiger partial charge in [-0.15, -0.1) is 11.3 Å². The van der Waals surface area contributed by atoms with Crippen LogP contribution in [0.15, 0.2) is 47.8 Å². The summed E-state index contributed by atoms with van der Waals surface area (Å²) in [6.07, 6.45) is 0. The largest absolute Gasteiger partial charge is 0.486 e. The first kappa shape index (κ1) is 14.7. The minimum absolute atomic E-state index is 0.253. The third kappa shape index (κ3) is 2.72. The third-order valence-electron chi connectivity index (χ3n) is 3.70. The first-order valence-electron chi connectivity index (χ1n) is 7.40. The van der Waals surface area contributed by atoms with E-state index in [0.29, 0.717) is 13.2 Å². The number of thiazole rings is 1. The van der Waals surface area contributed by atoms with Gasteiger partial charge in [0.1, 0.15) is 18.2 Å². The molecule has 3 aromatic rings. The Morgan fingerprint density at radius 3 is 2.71 bits per heavy atom. The van der Waals surface area contributed by atoms with E-state index in [1.54, 1.807) is 18.2 Å². The Hall–Kier alpha value is -2.86. The number of ether oxygens (including phenoxy) is 2.